The molecule has 4 heteroatoms. The number of ether oxygens (including phenoxy) is 1. The first-order valence-corrected chi connectivity index (χ1v) is 5.45. The van der Waals surface area contributed by atoms with Gasteiger partial charge in [0.15, 0.2) is 0 Å². The maximum Gasteiger partial charge on any atom is 0.128 e. The highest BCUT2D eigenvalue weighted by atomic mass is 35.5. The number of rotatable bonds is 1. The summed E-state index contributed by atoms with van der Waals surface area (Å²) >= 11 is 5.80. The van der Waals surface area contributed by atoms with Crippen LogP contribution in [-0.4, -0.2) is 30.3 Å². The number of hydrogen-bond donors (Lipinski definition) is 0. The Morgan fingerprint density at radius 1 is 1.47 bits per heavy atom. The minimum atomic E-state index is -0.0977. The van der Waals surface area contributed by atoms with Gasteiger partial charge >= 0.3 is 0 Å². The number of halogens is 1. The number of nitrogens with zero attached hydrogens (tertiary/aromatic N) is 2. The number of pyridine rings is 1. The number of hydrogen-bond acceptors (Lipinski definition) is 3. The Labute approximate surface area is 95.0 Å². The Balaban J connectivity index is 2.13. The average Bonchev–Trinajstić information content (AvgIpc) is 2.17. The highest BCUT2D eigenvalue weighted by Gasteiger charge is 2.27. The van der Waals surface area contributed by atoms with Gasteiger partial charge in [0.1, 0.15) is 5.82 Å². The summed E-state index contributed by atoms with van der Waals surface area (Å²) in [5.41, 5.74) is -0.0977. The smallest absolute Gasteiger partial charge is 0.128 e. The maximum atomic E-state index is 5.80. The van der Waals surface area contributed by atoms with Crippen LogP contribution in [0.25, 0.3) is 0 Å². The number of anilines is 1. The van der Waals surface area contributed by atoms with Crippen molar-refractivity contribution in [2.45, 2.75) is 19.4 Å². The Kier molecular flexibility index (Phi) is 2.85. The predicted octanol–water partition coefficient (Wildman–Crippen LogP) is 2.35. The summed E-state index contributed by atoms with van der Waals surface area (Å²) in [4.78, 5) is 6.53. The molecule has 1 aliphatic heterocycles. The molecule has 0 spiro atoms. The standard InChI is InChI=1S/C11H15ClN2O/c1-11(2)8-14(5-6-15-11)10-4-3-9(12)7-13-10/h3-4,7H,5-6,8H2,1-2H3. The zero-order valence-electron chi connectivity index (χ0n) is 9.03. The third kappa shape index (κ3) is 2.61. The summed E-state index contributed by atoms with van der Waals surface area (Å²) < 4.78 is 5.65. The molecule has 0 aromatic carbocycles. The quantitative estimate of drug-likeness (QED) is 0.735. The van der Waals surface area contributed by atoms with Crippen molar-refractivity contribution in [2.24, 2.45) is 0 Å². The van der Waals surface area contributed by atoms with E-state index in [1.54, 1.807) is 6.20 Å². The molecular formula is C11H15ClN2O. The van der Waals surface area contributed by atoms with Gasteiger partial charge in [-0.2, -0.15) is 0 Å². The van der Waals surface area contributed by atoms with Crippen molar-refractivity contribution in [3.63, 3.8) is 0 Å². The molecule has 82 valence electrons. The zero-order valence-corrected chi connectivity index (χ0v) is 9.79. The molecule has 1 aromatic rings. The lowest BCUT2D eigenvalue weighted by Crippen LogP contribution is -2.48. The van der Waals surface area contributed by atoms with E-state index in [1.165, 1.54) is 0 Å². The molecule has 1 aromatic heterocycles. The molecule has 15 heavy (non-hydrogen) atoms. The second kappa shape index (κ2) is 3.99. The molecule has 0 atom stereocenters. The van der Waals surface area contributed by atoms with Crippen molar-refractivity contribution in [3.05, 3.63) is 23.4 Å². The third-order valence-electron chi connectivity index (χ3n) is 2.46. The monoisotopic (exact) mass is 226 g/mol. The molecule has 1 aliphatic rings. The largest absolute Gasteiger partial charge is 0.372 e. The molecule has 0 bridgehead atoms. The van der Waals surface area contributed by atoms with Crippen molar-refractivity contribution in [3.8, 4) is 0 Å². The highest BCUT2D eigenvalue weighted by molar-refractivity contribution is 6.30. The molecule has 2 rings (SSSR count). The fraction of sp³-hybridized carbons (Fsp3) is 0.545. The fourth-order valence-electron chi connectivity index (χ4n) is 1.77. The van der Waals surface area contributed by atoms with Gasteiger partial charge in [-0.15, -0.1) is 0 Å². The van der Waals surface area contributed by atoms with Crippen LogP contribution in [0.2, 0.25) is 5.02 Å². The first-order chi connectivity index (χ1) is 7.07. The van der Waals surface area contributed by atoms with E-state index in [0.29, 0.717) is 5.02 Å². The lowest BCUT2D eigenvalue weighted by Gasteiger charge is -2.38. The lowest BCUT2D eigenvalue weighted by molar-refractivity contribution is -0.0279. The molecule has 0 N–H and O–H groups in total. The van der Waals surface area contributed by atoms with Gasteiger partial charge in [-0.1, -0.05) is 11.6 Å². The van der Waals surface area contributed by atoms with Crippen molar-refractivity contribution >= 4 is 17.4 Å². The van der Waals surface area contributed by atoms with Crippen molar-refractivity contribution in [2.75, 3.05) is 24.6 Å². The second-order valence-corrected chi connectivity index (χ2v) is 4.80. The van der Waals surface area contributed by atoms with Crippen LogP contribution in [0.3, 0.4) is 0 Å². The molecule has 0 saturated carbocycles. The molecule has 0 amide bonds. The SMILES string of the molecule is CC1(C)CN(c2ccc(Cl)cn2)CCO1. The molecule has 2 heterocycles. The molecule has 0 radical (unpaired) electrons. The highest BCUT2D eigenvalue weighted by Crippen LogP contribution is 2.22. The molecule has 1 saturated heterocycles. The topological polar surface area (TPSA) is 25.4 Å². The molecule has 3 nitrogen and oxygen atoms in total. The van der Waals surface area contributed by atoms with Gasteiger partial charge in [-0.3, -0.25) is 0 Å². The van der Waals surface area contributed by atoms with Crippen LogP contribution in [-0.2, 0) is 4.74 Å². The van der Waals surface area contributed by atoms with Gasteiger partial charge in [-0.05, 0) is 26.0 Å². The Morgan fingerprint density at radius 2 is 2.27 bits per heavy atom. The summed E-state index contributed by atoms with van der Waals surface area (Å²) in [6, 6.07) is 3.82. The Morgan fingerprint density at radius 3 is 2.87 bits per heavy atom. The van der Waals surface area contributed by atoms with E-state index in [4.69, 9.17) is 16.3 Å². The van der Waals surface area contributed by atoms with Gasteiger partial charge < -0.3 is 9.64 Å². The van der Waals surface area contributed by atoms with E-state index in [9.17, 15) is 0 Å². The van der Waals surface area contributed by atoms with E-state index in [0.717, 1.165) is 25.5 Å². The van der Waals surface area contributed by atoms with Gasteiger partial charge in [0.05, 0.1) is 17.2 Å². The summed E-state index contributed by atoms with van der Waals surface area (Å²) in [5.74, 6) is 0.968. The summed E-state index contributed by atoms with van der Waals surface area (Å²) in [6.45, 7) is 6.68. The van der Waals surface area contributed by atoms with Crippen molar-refractivity contribution in [1.29, 1.82) is 0 Å². The van der Waals surface area contributed by atoms with Crippen LogP contribution in [0.1, 0.15) is 13.8 Å². The summed E-state index contributed by atoms with van der Waals surface area (Å²) in [7, 11) is 0. The van der Waals surface area contributed by atoms with Gasteiger partial charge in [-0.25, -0.2) is 4.98 Å². The van der Waals surface area contributed by atoms with Crippen LogP contribution in [0.4, 0.5) is 5.82 Å². The van der Waals surface area contributed by atoms with Crippen molar-refractivity contribution in [1.82, 2.24) is 4.98 Å². The minimum absolute atomic E-state index is 0.0977. The zero-order chi connectivity index (χ0) is 10.9. The van der Waals surface area contributed by atoms with Crippen LogP contribution < -0.4 is 4.90 Å². The normalized spacial score (nSPS) is 20.3. The van der Waals surface area contributed by atoms with Gasteiger partial charge in [0.2, 0.25) is 0 Å². The van der Waals surface area contributed by atoms with Crippen LogP contribution >= 0.6 is 11.6 Å². The second-order valence-electron chi connectivity index (χ2n) is 4.36. The van der Waals surface area contributed by atoms with Crippen LogP contribution in [0.5, 0.6) is 0 Å². The van der Waals surface area contributed by atoms with Crippen LogP contribution in [0, 0.1) is 0 Å². The van der Waals surface area contributed by atoms with Gasteiger partial charge in [0, 0.05) is 19.3 Å². The van der Waals surface area contributed by atoms with E-state index < -0.39 is 0 Å². The first-order valence-electron chi connectivity index (χ1n) is 5.07. The van der Waals surface area contributed by atoms with Crippen molar-refractivity contribution < 1.29 is 4.74 Å². The van der Waals surface area contributed by atoms with E-state index in [1.807, 2.05) is 12.1 Å². The molecule has 0 aliphatic carbocycles. The predicted molar refractivity (Wildman–Crippen MR) is 61.5 cm³/mol. The van der Waals surface area contributed by atoms with Gasteiger partial charge in [0.25, 0.3) is 0 Å². The van der Waals surface area contributed by atoms with E-state index in [-0.39, 0.29) is 5.60 Å². The van der Waals surface area contributed by atoms with E-state index in [2.05, 4.69) is 23.7 Å². The summed E-state index contributed by atoms with van der Waals surface area (Å²) in [5, 5.41) is 0.672. The fourth-order valence-corrected chi connectivity index (χ4v) is 1.88. The first kappa shape index (κ1) is 10.7. The number of morpholine rings is 1. The maximum absolute atomic E-state index is 5.80. The Hall–Kier alpha value is -0.800. The van der Waals surface area contributed by atoms with Crippen LogP contribution in [0.15, 0.2) is 18.3 Å². The molecule has 1 fully saturated rings. The van der Waals surface area contributed by atoms with E-state index >= 15 is 0 Å². The lowest BCUT2D eigenvalue weighted by atomic mass is 10.1. The average molecular weight is 227 g/mol. The molecule has 0 unspecified atom stereocenters. The molecular weight excluding hydrogens is 212 g/mol. The minimum Gasteiger partial charge on any atom is -0.372 e. The number of aromatic nitrogens is 1. The summed E-state index contributed by atoms with van der Waals surface area (Å²) in [6.07, 6.45) is 1.68. The third-order valence-corrected chi connectivity index (χ3v) is 2.68. The Bertz CT molecular complexity index is 337.